The molecule has 1 fully saturated rings. The highest BCUT2D eigenvalue weighted by Crippen LogP contribution is 2.26. The quantitative estimate of drug-likeness (QED) is 0.369. The molecule has 1 amide bonds. The van der Waals surface area contributed by atoms with Crippen molar-refractivity contribution in [3.05, 3.63) is 83.1 Å². The van der Waals surface area contributed by atoms with Crippen LogP contribution in [0.1, 0.15) is 47.4 Å². The zero-order valence-electron chi connectivity index (χ0n) is 19.9. The van der Waals surface area contributed by atoms with Gasteiger partial charge < -0.3 is 10.6 Å². The molecule has 1 atom stereocenters. The number of amides is 1. The Bertz CT molecular complexity index is 1250. The minimum Gasteiger partial charge on any atom is -0.350 e. The highest BCUT2D eigenvalue weighted by molar-refractivity contribution is 7.17. The largest absolute Gasteiger partial charge is 0.350 e. The summed E-state index contributed by atoms with van der Waals surface area (Å²) in [5, 5.41) is 8.42. The van der Waals surface area contributed by atoms with Crippen LogP contribution in [0.4, 0.5) is 5.95 Å². The number of nitrogens with zero attached hydrogens (tertiary/aromatic N) is 4. The normalized spacial score (nSPS) is 15.7. The maximum absolute atomic E-state index is 13.2. The van der Waals surface area contributed by atoms with Crippen molar-refractivity contribution in [1.29, 1.82) is 0 Å². The highest BCUT2D eigenvalue weighted by Gasteiger charge is 2.22. The van der Waals surface area contributed by atoms with Crippen LogP contribution >= 0.6 is 11.3 Å². The van der Waals surface area contributed by atoms with E-state index in [1.165, 1.54) is 16.9 Å². The number of hydrogen-bond acceptors (Lipinski definition) is 7. The number of carbonyl (C=O) groups excluding carboxylic acids is 1. The fourth-order valence-corrected chi connectivity index (χ4v) is 5.32. The Hall–Kier alpha value is -3.36. The van der Waals surface area contributed by atoms with Gasteiger partial charge in [0.1, 0.15) is 0 Å². The number of benzene rings is 1. The van der Waals surface area contributed by atoms with Crippen LogP contribution in [0.25, 0.3) is 10.2 Å². The first-order chi connectivity index (χ1) is 17.2. The smallest absolute Gasteiger partial charge is 0.271 e. The highest BCUT2D eigenvalue weighted by atomic mass is 32.1. The number of aromatic nitrogens is 3. The average molecular weight is 487 g/mol. The summed E-state index contributed by atoms with van der Waals surface area (Å²) in [5.74, 6) is 0.796. The number of nitrogens with one attached hydrogen (secondary N) is 2. The van der Waals surface area contributed by atoms with Gasteiger partial charge in [0.05, 0.1) is 16.3 Å². The van der Waals surface area contributed by atoms with Gasteiger partial charge in [-0.25, -0.2) is 9.97 Å². The van der Waals surface area contributed by atoms with Crippen LogP contribution in [-0.2, 0) is 6.54 Å². The topological polar surface area (TPSA) is 83.0 Å². The van der Waals surface area contributed by atoms with Gasteiger partial charge in [0, 0.05) is 25.5 Å². The van der Waals surface area contributed by atoms with Gasteiger partial charge in [-0.05, 0) is 67.4 Å². The summed E-state index contributed by atoms with van der Waals surface area (Å²) < 4.78 is 0.819. The Morgan fingerprint density at radius 1 is 1.11 bits per heavy atom. The van der Waals surface area contributed by atoms with Crippen LogP contribution in [0.15, 0.2) is 66.3 Å². The second-order valence-corrected chi connectivity index (χ2v) is 10.0. The molecular weight excluding hydrogens is 456 g/mol. The third-order valence-electron chi connectivity index (χ3n) is 6.56. The molecule has 1 saturated heterocycles. The van der Waals surface area contributed by atoms with E-state index in [0.29, 0.717) is 24.1 Å². The van der Waals surface area contributed by atoms with Gasteiger partial charge in [-0.15, -0.1) is 11.3 Å². The van der Waals surface area contributed by atoms with Crippen LogP contribution in [0.2, 0.25) is 0 Å². The fraction of sp³-hybridized carbons (Fsp3) is 0.333. The zero-order valence-corrected chi connectivity index (χ0v) is 20.7. The van der Waals surface area contributed by atoms with E-state index in [-0.39, 0.29) is 11.9 Å². The van der Waals surface area contributed by atoms with E-state index >= 15 is 0 Å². The molecule has 5 rings (SSSR count). The minimum absolute atomic E-state index is 0.0308. The van der Waals surface area contributed by atoms with Crippen molar-refractivity contribution in [3.8, 4) is 0 Å². The number of likely N-dealkylation sites (tertiary alicyclic amines) is 1. The van der Waals surface area contributed by atoms with Crippen molar-refractivity contribution in [3.63, 3.8) is 0 Å². The average Bonchev–Trinajstić information content (AvgIpc) is 3.37. The molecule has 35 heavy (non-hydrogen) atoms. The van der Waals surface area contributed by atoms with Gasteiger partial charge >= 0.3 is 0 Å². The van der Waals surface area contributed by atoms with Crippen LogP contribution in [0.3, 0.4) is 0 Å². The van der Waals surface area contributed by atoms with Crippen molar-refractivity contribution in [2.75, 3.05) is 25.0 Å². The molecule has 4 heterocycles. The van der Waals surface area contributed by atoms with Gasteiger partial charge in [0.15, 0.2) is 5.69 Å². The number of carbonyl (C=O) groups is 1. The fourth-order valence-electron chi connectivity index (χ4n) is 4.50. The number of rotatable bonds is 8. The molecule has 0 spiro atoms. The number of pyridine rings is 1. The summed E-state index contributed by atoms with van der Waals surface area (Å²) >= 11 is 1.50. The lowest BCUT2D eigenvalue weighted by Gasteiger charge is -2.32. The van der Waals surface area contributed by atoms with E-state index < -0.39 is 0 Å². The van der Waals surface area contributed by atoms with Crippen molar-refractivity contribution in [2.24, 2.45) is 5.92 Å². The first-order valence-corrected chi connectivity index (χ1v) is 13.0. The van der Waals surface area contributed by atoms with Crippen LogP contribution in [0.5, 0.6) is 0 Å². The number of anilines is 1. The van der Waals surface area contributed by atoms with Gasteiger partial charge in [0.2, 0.25) is 5.95 Å². The van der Waals surface area contributed by atoms with E-state index in [4.69, 9.17) is 0 Å². The molecule has 1 aromatic carbocycles. The Kier molecular flexibility index (Phi) is 7.30. The molecule has 180 valence electrons. The summed E-state index contributed by atoms with van der Waals surface area (Å²) in [6, 6.07) is 16.4. The summed E-state index contributed by atoms with van der Waals surface area (Å²) in [4.78, 5) is 29.1. The Morgan fingerprint density at radius 2 is 1.94 bits per heavy atom. The van der Waals surface area contributed by atoms with Crippen molar-refractivity contribution < 1.29 is 4.79 Å². The zero-order chi connectivity index (χ0) is 24.0. The molecule has 1 aliphatic heterocycles. The van der Waals surface area contributed by atoms with Gasteiger partial charge in [-0.2, -0.15) is 0 Å². The van der Waals surface area contributed by atoms with Crippen molar-refractivity contribution in [2.45, 2.75) is 32.4 Å². The summed E-state index contributed by atoms with van der Waals surface area (Å²) in [7, 11) is 0. The Morgan fingerprint density at radius 3 is 2.71 bits per heavy atom. The second-order valence-electron chi connectivity index (χ2n) is 9.10. The van der Waals surface area contributed by atoms with E-state index in [1.807, 2.05) is 36.7 Å². The molecule has 1 aliphatic rings. The van der Waals surface area contributed by atoms with Gasteiger partial charge in [-0.3, -0.25) is 14.7 Å². The van der Waals surface area contributed by atoms with E-state index in [9.17, 15) is 4.79 Å². The first-order valence-electron chi connectivity index (χ1n) is 12.1. The number of fused-ring (bicyclic) bond motifs is 1. The summed E-state index contributed by atoms with van der Waals surface area (Å²) in [6.07, 6.45) is 5.74. The standard InChI is InChI=1S/C27H30N6OS/c1-19(22-8-5-12-28-17-22)30-27-31-23-11-15-35-25(23)24(32-27)26(34)29-16-20-9-13-33(14-10-20)18-21-6-3-2-4-7-21/h2-8,11-12,15,17,19-20H,9-10,13-14,16,18H2,1H3,(H,29,34)(H,30,31,32)/t19-/m0/s1. The lowest BCUT2D eigenvalue weighted by molar-refractivity contribution is 0.0932. The lowest BCUT2D eigenvalue weighted by atomic mass is 9.96. The molecule has 0 radical (unpaired) electrons. The third kappa shape index (κ3) is 5.83. The maximum atomic E-state index is 13.2. The molecule has 2 N–H and O–H groups in total. The molecule has 0 bridgehead atoms. The maximum Gasteiger partial charge on any atom is 0.271 e. The molecule has 8 heteroatoms. The van der Waals surface area contributed by atoms with Gasteiger partial charge in [0.25, 0.3) is 5.91 Å². The Labute approximate surface area is 209 Å². The second kappa shape index (κ2) is 10.9. The van der Waals surface area contributed by atoms with E-state index in [2.05, 4.69) is 60.8 Å². The van der Waals surface area contributed by atoms with Gasteiger partial charge in [-0.1, -0.05) is 36.4 Å². The third-order valence-corrected chi connectivity index (χ3v) is 7.47. The monoisotopic (exact) mass is 486 g/mol. The van der Waals surface area contributed by atoms with Crippen LogP contribution < -0.4 is 10.6 Å². The number of thiophene rings is 1. The van der Waals surface area contributed by atoms with E-state index in [1.54, 1.807) is 6.20 Å². The molecular formula is C27H30N6OS. The molecule has 0 saturated carbocycles. The number of piperidine rings is 1. The Balaban J connectivity index is 1.19. The lowest BCUT2D eigenvalue weighted by Crippen LogP contribution is -2.38. The molecule has 3 aromatic heterocycles. The summed E-state index contributed by atoms with van der Waals surface area (Å²) in [6.45, 7) is 5.80. The van der Waals surface area contributed by atoms with E-state index in [0.717, 1.165) is 48.3 Å². The minimum atomic E-state index is -0.136. The molecule has 4 aromatic rings. The predicted molar refractivity (Wildman–Crippen MR) is 140 cm³/mol. The number of hydrogen-bond donors (Lipinski definition) is 2. The molecule has 0 aliphatic carbocycles. The predicted octanol–water partition coefficient (Wildman–Crippen LogP) is 4.90. The SMILES string of the molecule is C[C@H](Nc1nc(C(=O)NCC2CCN(Cc3ccccc3)CC2)c2sccc2n1)c1cccnc1. The van der Waals surface area contributed by atoms with Crippen LogP contribution in [0, 0.1) is 5.92 Å². The molecule has 7 nitrogen and oxygen atoms in total. The van der Waals surface area contributed by atoms with Crippen molar-refractivity contribution >= 4 is 33.4 Å². The van der Waals surface area contributed by atoms with Crippen molar-refractivity contribution in [1.82, 2.24) is 25.2 Å². The first kappa shape index (κ1) is 23.4. The summed E-state index contributed by atoms with van der Waals surface area (Å²) in [5.41, 5.74) is 3.61. The van der Waals surface area contributed by atoms with Crippen LogP contribution in [-0.4, -0.2) is 45.4 Å². The molecule has 0 unspecified atom stereocenters.